The molecular formula is C8H10NORe-. The van der Waals surface area contributed by atoms with E-state index in [1.807, 2.05) is 24.3 Å². The molecule has 0 amide bonds. The van der Waals surface area contributed by atoms with Gasteiger partial charge in [-0.2, -0.15) is 0 Å². The minimum atomic E-state index is 0. The van der Waals surface area contributed by atoms with E-state index in [0.717, 1.165) is 11.3 Å². The van der Waals surface area contributed by atoms with Crippen molar-refractivity contribution < 1.29 is 25.5 Å². The molecule has 61 valence electrons. The fourth-order valence-corrected chi connectivity index (χ4v) is 0.794. The van der Waals surface area contributed by atoms with Gasteiger partial charge in [-0.15, -0.1) is 12.7 Å². The number of nitrogens with zero attached hydrogens (tertiary/aromatic N) is 1. The Morgan fingerprint density at radius 3 is 2.73 bits per heavy atom. The summed E-state index contributed by atoms with van der Waals surface area (Å²) in [7, 11) is 1.73. The SMILES string of the molecule is C[N-]c1cccc(CO)c1.[Re]. The van der Waals surface area contributed by atoms with Crippen LogP contribution in [0, 0.1) is 0 Å². The molecule has 3 heteroatoms. The zero-order chi connectivity index (χ0) is 7.40. The van der Waals surface area contributed by atoms with Gasteiger partial charge in [-0.3, -0.25) is 0 Å². The summed E-state index contributed by atoms with van der Waals surface area (Å²) >= 11 is 0. The second kappa shape index (κ2) is 5.31. The zero-order valence-electron chi connectivity index (χ0n) is 6.29. The quantitative estimate of drug-likeness (QED) is 0.885. The first-order chi connectivity index (χ1) is 4.86. The van der Waals surface area contributed by atoms with E-state index in [2.05, 4.69) is 5.32 Å². The topological polar surface area (TPSA) is 34.3 Å². The molecule has 2 nitrogen and oxygen atoms in total. The fraction of sp³-hybridized carbons (Fsp3) is 0.250. The second-order valence-corrected chi connectivity index (χ2v) is 2.05. The van der Waals surface area contributed by atoms with Gasteiger partial charge in [0.15, 0.2) is 0 Å². The van der Waals surface area contributed by atoms with Gasteiger partial charge < -0.3 is 10.4 Å². The van der Waals surface area contributed by atoms with Gasteiger partial charge in [-0.25, -0.2) is 0 Å². The molecule has 0 aliphatic heterocycles. The smallest absolute Gasteiger partial charge is 0.0681 e. The molecule has 0 aromatic heterocycles. The van der Waals surface area contributed by atoms with Crippen molar-refractivity contribution in [3.8, 4) is 0 Å². The number of benzene rings is 1. The molecule has 0 heterocycles. The van der Waals surface area contributed by atoms with Crippen molar-refractivity contribution >= 4 is 5.69 Å². The van der Waals surface area contributed by atoms with E-state index in [4.69, 9.17) is 5.11 Å². The van der Waals surface area contributed by atoms with E-state index in [9.17, 15) is 0 Å². The van der Waals surface area contributed by atoms with E-state index in [-0.39, 0.29) is 27.0 Å². The van der Waals surface area contributed by atoms with Crippen LogP contribution < -0.4 is 0 Å². The van der Waals surface area contributed by atoms with Crippen LogP contribution in [0.15, 0.2) is 24.3 Å². The monoisotopic (exact) mass is 323 g/mol. The van der Waals surface area contributed by atoms with Gasteiger partial charge in [-0.05, 0) is 5.56 Å². The molecule has 0 aliphatic rings. The number of rotatable bonds is 2. The molecule has 1 aromatic rings. The van der Waals surface area contributed by atoms with Crippen molar-refractivity contribution in [3.63, 3.8) is 0 Å². The van der Waals surface area contributed by atoms with Crippen molar-refractivity contribution in [2.24, 2.45) is 0 Å². The number of aliphatic hydroxyl groups is 1. The molecule has 0 fully saturated rings. The Morgan fingerprint density at radius 1 is 1.45 bits per heavy atom. The van der Waals surface area contributed by atoms with Gasteiger partial charge in [0.2, 0.25) is 0 Å². The standard InChI is InChI=1S/C8H10NO.Re/c1-9-8-4-2-3-7(5-8)6-10;/h2-5,10H,6H2,1H3;/q-1;. The van der Waals surface area contributed by atoms with E-state index < -0.39 is 0 Å². The molecule has 0 unspecified atom stereocenters. The summed E-state index contributed by atoms with van der Waals surface area (Å²) in [5, 5.41) is 12.7. The predicted octanol–water partition coefficient (Wildman–Crippen LogP) is 1.81. The Balaban J connectivity index is 0.000001000. The van der Waals surface area contributed by atoms with E-state index in [0.29, 0.717) is 0 Å². The summed E-state index contributed by atoms with van der Waals surface area (Å²) in [4.78, 5) is 0. The van der Waals surface area contributed by atoms with Crippen LogP contribution in [0.5, 0.6) is 0 Å². The molecular weight excluding hydrogens is 312 g/mol. The molecule has 1 aromatic carbocycles. The maximum Gasteiger partial charge on any atom is 0.0681 e. The Kier molecular flexibility index (Phi) is 5.14. The Bertz CT molecular complexity index is 196. The van der Waals surface area contributed by atoms with E-state index in [1.54, 1.807) is 7.05 Å². The molecule has 0 atom stereocenters. The first-order valence-electron chi connectivity index (χ1n) is 3.16. The largest absolute Gasteiger partial charge is 0.687 e. The van der Waals surface area contributed by atoms with Crippen molar-refractivity contribution in [2.75, 3.05) is 7.05 Å². The van der Waals surface area contributed by atoms with Crippen molar-refractivity contribution in [1.82, 2.24) is 0 Å². The van der Waals surface area contributed by atoms with Gasteiger partial charge in [0, 0.05) is 20.4 Å². The van der Waals surface area contributed by atoms with Gasteiger partial charge in [0.05, 0.1) is 6.61 Å². The summed E-state index contributed by atoms with van der Waals surface area (Å²) in [5.74, 6) is 0. The van der Waals surface area contributed by atoms with Gasteiger partial charge in [-0.1, -0.05) is 24.3 Å². The van der Waals surface area contributed by atoms with Crippen LogP contribution in [0.1, 0.15) is 5.56 Å². The fourth-order valence-electron chi connectivity index (χ4n) is 0.794. The third-order valence-electron chi connectivity index (χ3n) is 1.35. The molecule has 0 saturated heterocycles. The predicted molar refractivity (Wildman–Crippen MR) is 41.3 cm³/mol. The maximum atomic E-state index is 8.72. The van der Waals surface area contributed by atoms with Crippen LogP contribution in [-0.4, -0.2) is 12.2 Å². The average Bonchev–Trinajstić information content (AvgIpc) is 2.05. The van der Waals surface area contributed by atoms with Gasteiger partial charge in [0.25, 0.3) is 0 Å². The van der Waals surface area contributed by atoms with Crippen LogP contribution >= 0.6 is 0 Å². The number of aliphatic hydroxyl groups excluding tert-OH is 1. The second-order valence-electron chi connectivity index (χ2n) is 2.05. The van der Waals surface area contributed by atoms with Gasteiger partial charge >= 0.3 is 0 Å². The Morgan fingerprint density at radius 2 is 2.18 bits per heavy atom. The van der Waals surface area contributed by atoms with E-state index in [1.165, 1.54) is 0 Å². The summed E-state index contributed by atoms with van der Waals surface area (Å²) in [6.45, 7) is 0.0867. The maximum absolute atomic E-state index is 8.72. The minimum absolute atomic E-state index is 0. The van der Waals surface area contributed by atoms with Crippen LogP contribution in [0.4, 0.5) is 5.69 Å². The molecule has 0 spiro atoms. The third-order valence-corrected chi connectivity index (χ3v) is 1.35. The van der Waals surface area contributed by atoms with Crippen LogP contribution in [0.2, 0.25) is 0 Å². The summed E-state index contributed by atoms with van der Waals surface area (Å²) in [6.07, 6.45) is 0. The Hall–Kier alpha value is -0.358. The van der Waals surface area contributed by atoms with Crippen LogP contribution in [0.3, 0.4) is 0 Å². The molecule has 1 rings (SSSR count). The molecule has 11 heavy (non-hydrogen) atoms. The van der Waals surface area contributed by atoms with Crippen LogP contribution in [0.25, 0.3) is 5.32 Å². The molecule has 0 aliphatic carbocycles. The Labute approximate surface area is 80.3 Å². The summed E-state index contributed by atoms with van der Waals surface area (Å²) in [6, 6.07) is 7.52. The summed E-state index contributed by atoms with van der Waals surface area (Å²) in [5.41, 5.74) is 1.81. The van der Waals surface area contributed by atoms with Crippen molar-refractivity contribution in [2.45, 2.75) is 6.61 Å². The normalized spacial score (nSPS) is 8.55. The number of hydrogen-bond acceptors (Lipinski definition) is 1. The molecule has 1 radical (unpaired) electrons. The first-order valence-corrected chi connectivity index (χ1v) is 3.16. The third kappa shape index (κ3) is 3.03. The van der Waals surface area contributed by atoms with Crippen molar-refractivity contribution in [1.29, 1.82) is 0 Å². The van der Waals surface area contributed by atoms with Crippen LogP contribution in [-0.2, 0) is 27.0 Å². The average molecular weight is 322 g/mol. The van der Waals surface area contributed by atoms with Gasteiger partial charge in [0.1, 0.15) is 0 Å². The zero-order valence-corrected chi connectivity index (χ0v) is 9.00. The minimum Gasteiger partial charge on any atom is -0.687 e. The van der Waals surface area contributed by atoms with E-state index >= 15 is 0 Å². The molecule has 0 bridgehead atoms. The number of hydrogen-bond donors (Lipinski definition) is 1. The van der Waals surface area contributed by atoms with Crippen molar-refractivity contribution in [3.05, 3.63) is 35.1 Å². The molecule has 0 saturated carbocycles. The molecule has 1 N–H and O–H groups in total. The first kappa shape index (κ1) is 10.6. The summed E-state index contributed by atoms with van der Waals surface area (Å²) < 4.78 is 0.